The quantitative estimate of drug-likeness (QED) is 0.613. The minimum absolute atomic E-state index is 0.165. The summed E-state index contributed by atoms with van der Waals surface area (Å²) >= 11 is 0. The highest BCUT2D eigenvalue weighted by atomic mass is 16.6. The number of carbonyl (C=O) groups excluding carboxylic acids is 1. The molecule has 1 aliphatic carbocycles. The molecule has 0 radical (unpaired) electrons. The molecule has 0 aliphatic heterocycles. The number of ether oxygens (including phenoxy) is 1. The van der Waals surface area contributed by atoms with E-state index in [1.165, 1.54) is 0 Å². The Kier molecular flexibility index (Phi) is 4.73. The first-order chi connectivity index (χ1) is 8.22. The van der Waals surface area contributed by atoms with Crippen LogP contribution in [-0.2, 0) is 14.3 Å². The molecule has 5 nitrogen and oxygen atoms in total. The molecule has 0 saturated heterocycles. The van der Waals surface area contributed by atoms with Crippen molar-refractivity contribution in [3.05, 3.63) is 0 Å². The second kappa shape index (κ2) is 5.69. The first-order valence-electron chi connectivity index (χ1n) is 6.40. The van der Waals surface area contributed by atoms with Crippen LogP contribution in [0.15, 0.2) is 0 Å². The van der Waals surface area contributed by atoms with Crippen LogP contribution in [0.1, 0.15) is 46.5 Å². The normalized spacial score (nSPS) is 18.9. The Hall–Kier alpha value is -1.10. The molecule has 0 unspecified atom stereocenters. The molecule has 1 aliphatic rings. The monoisotopic (exact) mass is 257 g/mol. The highest BCUT2D eigenvalue weighted by molar-refractivity contribution is 5.98. The van der Waals surface area contributed by atoms with Crippen LogP contribution >= 0.6 is 0 Å². The van der Waals surface area contributed by atoms with Gasteiger partial charge in [0, 0.05) is 6.04 Å². The van der Waals surface area contributed by atoms with Crippen molar-refractivity contribution in [3.8, 4) is 0 Å². The molecule has 1 atom stereocenters. The van der Waals surface area contributed by atoms with Gasteiger partial charge in [-0.2, -0.15) is 0 Å². The Balaban J connectivity index is 2.75. The van der Waals surface area contributed by atoms with Gasteiger partial charge in [0.05, 0.1) is 0 Å². The van der Waals surface area contributed by atoms with E-state index in [1.54, 1.807) is 32.7 Å². The van der Waals surface area contributed by atoms with Crippen LogP contribution in [0.25, 0.3) is 0 Å². The van der Waals surface area contributed by atoms with Crippen molar-refractivity contribution < 1.29 is 19.4 Å². The van der Waals surface area contributed by atoms with Crippen LogP contribution in [0, 0.1) is 0 Å². The second-order valence-electron chi connectivity index (χ2n) is 5.88. The number of hydrogen-bond acceptors (Lipinski definition) is 4. The van der Waals surface area contributed by atoms with Crippen molar-refractivity contribution in [3.63, 3.8) is 0 Å². The molecule has 1 saturated carbocycles. The summed E-state index contributed by atoms with van der Waals surface area (Å²) in [7, 11) is 1.69. The third-order valence-electron chi connectivity index (χ3n) is 3.17. The summed E-state index contributed by atoms with van der Waals surface area (Å²) in [6.07, 6.45) is 4.08. The van der Waals surface area contributed by atoms with Gasteiger partial charge in [-0.25, -0.2) is 9.59 Å². The van der Waals surface area contributed by atoms with Gasteiger partial charge >= 0.3 is 11.9 Å². The second-order valence-corrected chi connectivity index (χ2v) is 5.88. The number of hydrogen-bond donors (Lipinski definition) is 1. The number of carboxylic acid groups (broad SMARTS) is 1. The Morgan fingerprint density at radius 3 is 2.17 bits per heavy atom. The van der Waals surface area contributed by atoms with Crippen molar-refractivity contribution in [2.45, 2.75) is 64.1 Å². The standard InChI is InChI=1S/C13H23NO4/c1-13(2,3)18-12(17)10(11(15)16)14(4)9-7-5-6-8-9/h9-10H,5-8H2,1-4H3,(H,15,16)/t10-/m1/s1. The summed E-state index contributed by atoms with van der Waals surface area (Å²) in [6.45, 7) is 5.21. The molecular formula is C13H23NO4. The lowest BCUT2D eigenvalue weighted by molar-refractivity contribution is -0.169. The topological polar surface area (TPSA) is 66.8 Å². The summed E-state index contributed by atoms with van der Waals surface area (Å²) in [5.74, 6) is -1.82. The van der Waals surface area contributed by atoms with E-state index in [4.69, 9.17) is 4.74 Å². The third kappa shape index (κ3) is 3.98. The zero-order chi connectivity index (χ0) is 13.9. The fourth-order valence-corrected chi connectivity index (χ4v) is 2.32. The molecule has 104 valence electrons. The molecule has 1 N–H and O–H groups in total. The molecule has 5 heteroatoms. The number of esters is 1. The maximum absolute atomic E-state index is 12.0. The Morgan fingerprint density at radius 2 is 1.78 bits per heavy atom. The van der Waals surface area contributed by atoms with E-state index in [0.29, 0.717) is 0 Å². The summed E-state index contributed by atoms with van der Waals surface area (Å²) in [4.78, 5) is 24.9. The molecule has 0 aromatic heterocycles. The zero-order valence-corrected chi connectivity index (χ0v) is 11.6. The predicted octanol–water partition coefficient (Wildman–Crippen LogP) is 1.66. The average Bonchev–Trinajstić information content (AvgIpc) is 2.65. The van der Waals surface area contributed by atoms with Crippen LogP contribution < -0.4 is 0 Å². The minimum Gasteiger partial charge on any atom is -0.480 e. The Bertz CT molecular complexity index is 315. The highest BCUT2D eigenvalue weighted by Crippen LogP contribution is 2.24. The predicted molar refractivity (Wildman–Crippen MR) is 67.3 cm³/mol. The van der Waals surface area contributed by atoms with Gasteiger partial charge in [0.25, 0.3) is 0 Å². The summed E-state index contributed by atoms with van der Waals surface area (Å²) in [5.41, 5.74) is -0.665. The molecule has 0 aromatic rings. The number of aliphatic carboxylic acids is 1. The minimum atomic E-state index is -1.20. The molecule has 1 rings (SSSR count). The molecule has 0 amide bonds. The summed E-state index contributed by atoms with van der Waals surface area (Å²) < 4.78 is 5.18. The summed E-state index contributed by atoms with van der Waals surface area (Å²) in [5, 5.41) is 9.23. The number of likely N-dealkylation sites (N-methyl/N-ethyl adjacent to an activating group) is 1. The highest BCUT2D eigenvalue weighted by Gasteiger charge is 2.38. The van der Waals surface area contributed by atoms with Crippen molar-refractivity contribution in [1.29, 1.82) is 0 Å². The maximum Gasteiger partial charge on any atom is 0.335 e. The first kappa shape index (κ1) is 15.0. The fourth-order valence-electron chi connectivity index (χ4n) is 2.32. The van der Waals surface area contributed by atoms with Crippen LogP contribution in [0.2, 0.25) is 0 Å². The van der Waals surface area contributed by atoms with E-state index in [1.807, 2.05) is 0 Å². The fraction of sp³-hybridized carbons (Fsp3) is 0.846. The molecule has 0 bridgehead atoms. The van der Waals surface area contributed by atoms with Gasteiger partial charge in [-0.3, -0.25) is 4.90 Å². The van der Waals surface area contributed by atoms with Gasteiger partial charge in [0.15, 0.2) is 0 Å². The lowest BCUT2D eigenvalue weighted by Crippen LogP contribution is -2.50. The van der Waals surface area contributed by atoms with E-state index in [2.05, 4.69) is 0 Å². The van der Waals surface area contributed by atoms with Gasteiger partial charge in [-0.1, -0.05) is 12.8 Å². The lowest BCUT2D eigenvalue weighted by atomic mass is 10.1. The van der Waals surface area contributed by atoms with Crippen LogP contribution in [0.5, 0.6) is 0 Å². The number of nitrogens with zero attached hydrogens (tertiary/aromatic N) is 1. The number of rotatable bonds is 4. The van der Waals surface area contributed by atoms with Gasteiger partial charge < -0.3 is 9.84 Å². The smallest absolute Gasteiger partial charge is 0.335 e. The van der Waals surface area contributed by atoms with Gasteiger partial charge in [0.1, 0.15) is 5.60 Å². The maximum atomic E-state index is 12.0. The molecule has 0 spiro atoms. The van der Waals surface area contributed by atoms with Crippen molar-refractivity contribution in [1.82, 2.24) is 4.90 Å². The van der Waals surface area contributed by atoms with E-state index in [9.17, 15) is 14.7 Å². The number of carbonyl (C=O) groups is 2. The van der Waals surface area contributed by atoms with Crippen molar-refractivity contribution in [2.75, 3.05) is 7.05 Å². The van der Waals surface area contributed by atoms with Gasteiger partial charge in [0.2, 0.25) is 6.04 Å². The molecular weight excluding hydrogens is 234 g/mol. The van der Waals surface area contributed by atoms with E-state index in [-0.39, 0.29) is 6.04 Å². The zero-order valence-electron chi connectivity index (χ0n) is 11.6. The third-order valence-corrected chi connectivity index (χ3v) is 3.17. The van der Waals surface area contributed by atoms with Gasteiger partial charge in [-0.05, 0) is 40.7 Å². The Morgan fingerprint density at radius 1 is 1.28 bits per heavy atom. The van der Waals surface area contributed by atoms with Crippen LogP contribution in [0.4, 0.5) is 0 Å². The number of carboxylic acids is 1. The lowest BCUT2D eigenvalue weighted by Gasteiger charge is -2.31. The van der Waals surface area contributed by atoms with Gasteiger partial charge in [-0.15, -0.1) is 0 Å². The SMILES string of the molecule is CN(C1CCCC1)[C@H](C(=O)O)C(=O)OC(C)(C)C. The van der Waals surface area contributed by atoms with Crippen molar-refractivity contribution >= 4 is 11.9 Å². The van der Waals surface area contributed by atoms with Crippen LogP contribution in [0.3, 0.4) is 0 Å². The largest absolute Gasteiger partial charge is 0.480 e. The van der Waals surface area contributed by atoms with E-state index in [0.717, 1.165) is 25.7 Å². The molecule has 1 fully saturated rings. The summed E-state index contributed by atoms with van der Waals surface area (Å²) in [6, 6.07) is -1.04. The van der Waals surface area contributed by atoms with Crippen molar-refractivity contribution in [2.24, 2.45) is 0 Å². The molecule has 18 heavy (non-hydrogen) atoms. The van der Waals surface area contributed by atoms with E-state index < -0.39 is 23.6 Å². The Labute approximate surface area is 108 Å². The molecule has 0 aromatic carbocycles. The first-order valence-corrected chi connectivity index (χ1v) is 6.40. The average molecular weight is 257 g/mol. The molecule has 0 heterocycles. The van der Waals surface area contributed by atoms with E-state index >= 15 is 0 Å². The van der Waals surface area contributed by atoms with Crippen LogP contribution in [-0.4, -0.2) is 46.7 Å².